The largest absolute Gasteiger partial charge is 0.394 e. The number of aliphatic hydroxyl groups excluding tert-OH is 8. The van der Waals surface area contributed by atoms with Crippen LogP contribution in [0.15, 0.2) is 85.1 Å². The van der Waals surface area contributed by atoms with E-state index in [2.05, 4.69) is 104 Å². The van der Waals surface area contributed by atoms with Crippen molar-refractivity contribution in [2.24, 2.45) is 0 Å². The van der Waals surface area contributed by atoms with E-state index in [-0.39, 0.29) is 18.9 Å². The zero-order valence-electron chi connectivity index (χ0n) is 56.2. The van der Waals surface area contributed by atoms with Gasteiger partial charge in [-0.25, -0.2) is 0 Å². The number of carbonyl (C=O) groups is 1. The van der Waals surface area contributed by atoms with Crippen molar-refractivity contribution in [3.8, 4) is 0 Å². The average Bonchev–Trinajstić information content (AvgIpc) is 1.37. The fraction of sp³-hybridized carbons (Fsp3) is 0.800. The van der Waals surface area contributed by atoms with Gasteiger partial charge < -0.3 is 65.1 Å². The lowest BCUT2D eigenvalue weighted by Crippen LogP contribution is -2.65. The molecule has 1 amide bonds. The van der Waals surface area contributed by atoms with E-state index in [1.54, 1.807) is 0 Å². The zero-order chi connectivity index (χ0) is 64.5. The van der Waals surface area contributed by atoms with Gasteiger partial charge in [0.15, 0.2) is 12.6 Å². The molecule has 516 valence electrons. The van der Waals surface area contributed by atoms with Crippen LogP contribution in [0.5, 0.6) is 0 Å². The van der Waals surface area contributed by atoms with Gasteiger partial charge in [-0.15, -0.1) is 0 Å². The summed E-state index contributed by atoms with van der Waals surface area (Å²) in [7, 11) is 0. The third-order valence-electron chi connectivity index (χ3n) is 17.4. The van der Waals surface area contributed by atoms with Gasteiger partial charge in [0.05, 0.1) is 32.0 Å². The van der Waals surface area contributed by atoms with Crippen molar-refractivity contribution >= 4 is 5.91 Å². The highest BCUT2D eigenvalue weighted by atomic mass is 16.7. The van der Waals surface area contributed by atoms with Gasteiger partial charge in [-0.1, -0.05) is 298 Å². The van der Waals surface area contributed by atoms with Crippen molar-refractivity contribution in [3.63, 3.8) is 0 Å². The molecule has 0 aromatic rings. The molecule has 0 aromatic heterocycles. The Balaban J connectivity index is 1.68. The number of carbonyl (C=O) groups excluding carboxylic acids is 1. The number of hydrogen-bond acceptors (Lipinski definition) is 13. The van der Waals surface area contributed by atoms with Crippen LogP contribution in [-0.4, -0.2) is 140 Å². The summed E-state index contributed by atoms with van der Waals surface area (Å²) in [5, 5.41) is 87.7. The lowest BCUT2D eigenvalue weighted by molar-refractivity contribution is -0.359. The fourth-order valence-electron chi connectivity index (χ4n) is 11.6. The molecule has 14 heteroatoms. The summed E-state index contributed by atoms with van der Waals surface area (Å²) in [4.78, 5) is 13.3. The molecule has 89 heavy (non-hydrogen) atoms. The fourth-order valence-corrected chi connectivity index (χ4v) is 11.6. The van der Waals surface area contributed by atoms with E-state index >= 15 is 0 Å². The first-order chi connectivity index (χ1) is 43.6. The van der Waals surface area contributed by atoms with Crippen LogP contribution in [0.4, 0.5) is 0 Å². The predicted molar refractivity (Wildman–Crippen MR) is 364 cm³/mol. The maximum absolute atomic E-state index is 13.3. The maximum atomic E-state index is 13.3. The van der Waals surface area contributed by atoms with Crippen LogP contribution in [-0.2, 0) is 23.7 Å². The second-order valence-electron chi connectivity index (χ2n) is 25.3. The number of aliphatic hydroxyl groups is 8. The van der Waals surface area contributed by atoms with E-state index in [0.717, 1.165) is 89.9 Å². The Morgan fingerprint density at radius 3 is 1.18 bits per heavy atom. The Labute approximate surface area is 541 Å². The molecule has 12 unspecified atom stereocenters. The smallest absolute Gasteiger partial charge is 0.220 e. The van der Waals surface area contributed by atoms with E-state index in [1.165, 1.54) is 167 Å². The van der Waals surface area contributed by atoms with Gasteiger partial charge >= 0.3 is 0 Å². The molecule has 0 saturated carbocycles. The monoisotopic (exact) mass is 1260 g/mol. The van der Waals surface area contributed by atoms with Gasteiger partial charge in [0.2, 0.25) is 5.91 Å². The topological polar surface area (TPSA) is 228 Å². The lowest BCUT2D eigenvalue weighted by atomic mass is 9.97. The van der Waals surface area contributed by atoms with Gasteiger partial charge in [-0.05, 0) is 70.6 Å². The normalized spacial score (nSPS) is 23.5. The number of amides is 1. The van der Waals surface area contributed by atoms with Gasteiger partial charge in [-0.3, -0.25) is 4.79 Å². The van der Waals surface area contributed by atoms with Gasteiger partial charge in [-0.2, -0.15) is 0 Å². The lowest BCUT2D eigenvalue weighted by Gasteiger charge is -2.46. The molecule has 0 aliphatic carbocycles. The Bertz CT molecular complexity index is 1820. The van der Waals surface area contributed by atoms with Crippen molar-refractivity contribution in [3.05, 3.63) is 85.1 Å². The van der Waals surface area contributed by atoms with Gasteiger partial charge in [0.1, 0.15) is 48.8 Å². The minimum Gasteiger partial charge on any atom is -0.394 e. The number of unbranched alkanes of at least 4 members (excludes halogenated alkanes) is 32. The van der Waals surface area contributed by atoms with Crippen molar-refractivity contribution in [2.75, 3.05) is 19.8 Å². The Morgan fingerprint density at radius 1 is 0.416 bits per heavy atom. The highest BCUT2D eigenvalue weighted by Crippen LogP contribution is 2.30. The summed E-state index contributed by atoms with van der Waals surface area (Å²) in [6, 6.07) is -0.855. The standard InChI is InChI=1S/C75H133NO13/c1-3-5-7-9-11-13-15-17-19-21-23-25-27-29-30-31-32-33-35-36-38-40-42-44-46-48-50-52-54-56-58-64(79)63(62-86-74-72(85)70(83)73(66(61-78)88-74)89-75-71(84)69(82)68(81)65(60-77)87-75)76-67(80)59-57-55-53-51-49-47-45-43-41-39-37-34-28-26-24-22-20-18-16-14-12-10-8-6-4-2/h6,8,12,14,18,20,24,26,34,37,41,43,47,49,63-66,68-75,77-79,81-85H,3-5,7,9-11,13,15-17,19,21-23,25,27-33,35-36,38-40,42,44-46,48,50-62H2,1-2H3,(H,76,80)/b8-6-,14-12-,20-18-,26-24-,37-34-,43-41-,49-47-. The molecular formula is C75H133NO13. The summed E-state index contributed by atoms with van der Waals surface area (Å²) in [5.41, 5.74) is 0. The third kappa shape index (κ3) is 42.9. The molecule has 0 bridgehead atoms. The van der Waals surface area contributed by atoms with Crippen LogP contribution >= 0.6 is 0 Å². The highest BCUT2D eigenvalue weighted by molar-refractivity contribution is 5.76. The number of ether oxygens (including phenoxy) is 4. The molecule has 2 aliphatic rings. The van der Waals surface area contributed by atoms with Crippen LogP contribution in [0.3, 0.4) is 0 Å². The Morgan fingerprint density at radius 2 is 0.775 bits per heavy atom. The first kappa shape index (κ1) is 82.3. The first-order valence-electron chi connectivity index (χ1n) is 36.3. The SMILES string of the molecule is CC/C=C\C/C=C\C/C=C\C/C=C\C/C=C\C/C=C\C/C=C\CCCCCC(=O)NC(COC1OC(CO)C(OC2OC(CO)C(O)C(O)C2O)C(O)C1O)C(O)CCCCCCCCCCCCCCCCCCCCCCCCCCCCCCCC. The van der Waals surface area contributed by atoms with Crippen LogP contribution in [0.2, 0.25) is 0 Å². The molecule has 0 aromatic carbocycles. The Hall–Kier alpha value is -2.83. The molecule has 12 atom stereocenters. The zero-order valence-corrected chi connectivity index (χ0v) is 56.2. The minimum atomic E-state index is -1.79. The molecule has 9 N–H and O–H groups in total. The quantitative estimate of drug-likeness (QED) is 0.0204. The van der Waals surface area contributed by atoms with E-state index in [1.807, 2.05) is 0 Å². The second kappa shape index (κ2) is 59.0. The third-order valence-corrected chi connectivity index (χ3v) is 17.4. The van der Waals surface area contributed by atoms with Crippen LogP contribution in [0.25, 0.3) is 0 Å². The summed E-state index contributed by atoms with van der Waals surface area (Å²) in [6.07, 6.45) is 64.6. The molecule has 2 fully saturated rings. The molecule has 2 rings (SSSR count). The van der Waals surface area contributed by atoms with Crippen molar-refractivity contribution in [2.45, 2.75) is 364 Å². The first-order valence-corrected chi connectivity index (χ1v) is 36.3. The molecule has 0 spiro atoms. The Kier molecular flexibility index (Phi) is 54.5. The van der Waals surface area contributed by atoms with Crippen molar-refractivity contribution in [1.82, 2.24) is 5.32 Å². The molecule has 0 radical (unpaired) electrons. The highest BCUT2D eigenvalue weighted by Gasteiger charge is 2.51. The number of allylic oxidation sites excluding steroid dienone is 14. The number of rotatable bonds is 59. The van der Waals surface area contributed by atoms with Crippen LogP contribution in [0.1, 0.15) is 290 Å². The number of hydrogen-bond donors (Lipinski definition) is 9. The second-order valence-corrected chi connectivity index (χ2v) is 25.3. The number of nitrogens with one attached hydrogen (secondary N) is 1. The van der Waals surface area contributed by atoms with E-state index < -0.39 is 86.8 Å². The van der Waals surface area contributed by atoms with E-state index in [9.17, 15) is 45.6 Å². The summed E-state index contributed by atoms with van der Waals surface area (Å²) >= 11 is 0. The minimum absolute atomic E-state index is 0.238. The van der Waals surface area contributed by atoms with E-state index in [0.29, 0.717) is 12.8 Å². The summed E-state index contributed by atoms with van der Waals surface area (Å²) in [6.45, 7) is 2.75. The maximum Gasteiger partial charge on any atom is 0.220 e. The summed E-state index contributed by atoms with van der Waals surface area (Å²) < 4.78 is 22.9. The predicted octanol–water partition coefficient (Wildman–Crippen LogP) is 15.2. The van der Waals surface area contributed by atoms with Crippen molar-refractivity contribution in [1.29, 1.82) is 0 Å². The molecule has 2 heterocycles. The molecule has 2 aliphatic heterocycles. The molecule has 14 nitrogen and oxygen atoms in total. The van der Waals surface area contributed by atoms with Crippen LogP contribution < -0.4 is 5.32 Å². The van der Waals surface area contributed by atoms with E-state index in [4.69, 9.17) is 18.9 Å². The van der Waals surface area contributed by atoms with Crippen LogP contribution in [0, 0.1) is 0 Å². The van der Waals surface area contributed by atoms with Gasteiger partial charge in [0, 0.05) is 6.42 Å². The van der Waals surface area contributed by atoms with Crippen molar-refractivity contribution < 1.29 is 64.6 Å². The van der Waals surface area contributed by atoms with Gasteiger partial charge in [0.25, 0.3) is 0 Å². The summed E-state index contributed by atoms with van der Waals surface area (Å²) in [5.74, 6) is -0.238. The molecular weight excluding hydrogens is 1120 g/mol. The molecule has 2 saturated heterocycles. The average molecular weight is 1260 g/mol.